The lowest BCUT2D eigenvalue weighted by Gasteiger charge is -2.22. The summed E-state index contributed by atoms with van der Waals surface area (Å²) < 4.78 is 0.777. The number of halogens is 1. The third kappa shape index (κ3) is 3.52. The molecule has 0 fully saturated rings. The maximum absolute atomic E-state index is 8.96. The molecule has 3 N–H and O–H groups in total. The Labute approximate surface area is 132 Å². The van der Waals surface area contributed by atoms with Crippen LogP contribution in [0.4, 0.5) is 5.69 Å². The van der Waals surface area contributed by atoms with Gasteiger partial charge in [-0.25, -0.2) is 0 Å². The Hall–Kier alpha value is -2.08. The molecule has 2 aromatic rings. The van der Waals surface area contributed by atoms with Crippen LogP contribution in [-0.4, -0.2) is 23.1 Å². The van der Waals surface area contributed by atoms with Gasteiger partial charge in [0.15, 0.2) is 5.84 Å². The van der Waals surface area contributed by atoms with Gasteiger partial charge in [0.05, 0.1) is 17.8 Å². The van der Waals surface area contributed by atoms with Crippen molar-refractivity contribution in [3.05, 3.63) is 57.8 Å². The SMILES string of the molecule is Cc1cccc(CN(C)c2cccc(Br)c2/C(N)=N/O)n1. The zero-order valence-corrected chi connectivity index (χ0v) is 13.5. The second kappa shape index (κ2) is 6.58. The van der Waals surface area contributed by atoms with Crippen LogP contribution < -0.4 is 10.6 Å². The Morgan fingerprint density at radius 1 is 1.33 bits per heavy atom. The standard InChI is InChI=1S/C15H17BrN4O/c1-10-5-3-6-11(18-10)9-20(2)13-8-4-7-12(16)14(13)15(17)19-21/h3-8,21H,9H2,1-2H3,(H2,17,19). The second-order valence-corrected chi connectivity index (χ2v) is 5.60. The number of benzene rings is 1. The van der Waals surface area contributed by atoms with E-state index >= 15 is 0 Å². The molecule has 1 heterocycles. The number of hydrogen-bond donors (Lipinski definition) is 2. The highest BCUT2D eigenvalue weighted by Gasteiger charge is 2.15. The first-order chi connectivity index (χ1) is 10.0. The van der Waals surface area contributed by atoms with Crippen LogP contribution in [0.2, 0.25) is 0 Å². The summed E-state index contributed by atoms with van der Waals surface area (Å²) in [6.07, 6.45) is 0. The lowest BCUT2D eigenvalue weighted by molar-refractivity contribution is 0.318. The number of pyridine rings is 1. The van der Waals surface area contributed by atoms with Crippen molar-refractivity contribution >= 4 is 27.5 Å². The summed E-state index contributed by atoms with van der Waals surface area (Å²) in [5, 5.41) is 12.1. The topological polar surface area (TPSA) is 74.7 Å². The maximum Gasteiger partial charge on any atom is 0.173 e. The molecule has 0 aliphatic carbocycles. The fourth-order valence-electron chi connectivity index (χ4n) is 2.15. The van der Waals surface area contributed by atoms with Crippen LogP contribution in [-0.2, 0) is 6.54 Å². The Bertz CT molecular complexity index is 672. The third-order valence-electron chi connectivity index (χ3n) is 3.11. The monoisotopic (exact) mass is 348 g/mol. The largest absolute Gasteiger partial charge is 0.409 e. The van der Waals surface area contributed by atoms with Gasteiger partial charge in [0.2, 0.25) is 0 Å². The van der Waals surface area contributed by atoms with E-state index in [4.69, 9.17) is 10.9 Å². The normalized spacial score (nSPS) is 11.5. The van der Waals surface area contributed by atoms with E-state index in [9.17, 15) is 0 Å². The lowest BCUT2D eigenvalue weighted by Crippen LogP contribution is -2.23. The van der Waals surface area contributed by atoms with E-state index in [2.05, 4.69) is 26.1 Å². The first-order valence-electron chi connectivity index (χ1n) is 6.43. The quantitative estimate of drug-likeness (QED) is 0.385. The molecule has 0 saturated heterocycles. The predicted molar refractivity (Wildman–Crippen MR) is 87.7 cm³/mol. The van der Waals surface area contributed by atoms with Gasteiger partial charge in [0, 0.05) is 22.9 Å². The average Bonchev–Trinajstić information content (AvgIpc) is 2.46. The van der Waals surface area contributed by atoms with Gasteiger partial charge in [-0.2, -0.15) is 0 Å². The minimum atomic E-state index is 0.0709. The number of aromatic nitrogens is 1. The number of nitrogens with zero attached hydrogens (tertiary/aromatic N) is 3. The summed E-state index contributed by atoms with van der Waals surface area (Å²) in [4.78, 5) is 6.51. The Kier molecular flexibility index (Phi) is 4.80. The Morgan fingerprint density at radius 2 is 2.05 bits per heavy atom. The van der Waals surface area contributed by atoms with Crippen molar-refractivity contribution in [1.29, 1.82) is 0 Å². The van der Waals surface area contributed by atoms with Crippen molar-refractivity contribution in [2.45, 2.75) is 13.5 Å². The van der Waals surface area contributed by atoms with Crippen LogP contribution in [0.15, 0.2) is 46.0 Å². The summed E-state index contributed by atoms with van der Waals surface area (Å²) in [5.74, 6) is 0.0709. The van der Waals surface area contributed by atoms with Crippen molar-refractivity contribution in [2.75, 3.05) is 11.9 Å². The molecule has 0 amide bonds. The number of hydrogen-bond acceptors (Lipinski definition) is 4. The average molecular weight is 349 g/mol. The molecule has 0 spiro atoms. The van der Waals surface area contributed by atoms with E-state index in [0.29, 0.717) is 12.1 Å². The van der Waals surface area contributed by atoms with Crippen molar-refractivity contribution in [1.82, 2.24) is 4.98 Å². The van der Waals surface area contributed by atoms with Gasteiger partial charge in [0.25, 0.3) is 0 Å². The van der Waals surface area contributed by atoms with Gasteiger partial charge in [-0.05, 0) is 47.1 Å². The van der Waals surface area contributed by atoms with Gasteiger partial charge in [-0.3, -0.25) is 4.98 Å². The van der Waals surface area contributed by atoms with E-state index in [-0.39, 0.29) is 5.84 Å². The molecule has 0 radical (unpaired) electrons. The highest BCUT2D eigenvalue weighted by molar-refractivity contribution is 9.10. The Morgan fingerprint density at radius 3 is 2.71 bits per heavy atom. The highest BCUT2D eigenvalue weighted by Crippen LogP contribution is 2.27. The Balaban J connectivity index is 2.35. The zero-order chi connectivity index (χ0) is 15.4. The first kappa shape index (κ1) is 15.3. The van der Waals surface area contributed by atoms with Crippen LogP contribution in [0.1, 0.15) is 17.0 Å². The minimum Gasteiger partial charge on any atom is -0.409 e. The molecule has 0 atom stereocenters. The molecule has 6 heteroatoms. The summed E-state index contributed by atoms with van der Waals surface area (Å²) in [5.41, 5.74) is 9.24. The molecule has 1 aromatic carbocycles. The number of anilines is 1. The molecule has 2 rings (SSSR count). The summed E-state index contributed by atoms with van der Waals surface area (Å²) >= 11 is 3.44. The van der Waals surface area contributed by atoms with Gasteiger partial charge in [-0.15, -0.1) is 0 Å². The van der Waals surface area contributed by atoms with Gasteiger partial charge in [0.1, 0.15) is 0 Å². The van der Waals surface area contributed by atoms with Crippen LogP contribution in [0, 0.1) is 6.92 Å². The third-order valence-corrected chi connectivity index (χ3v) is 3.77. The number of aryl methyl sites for hydroxylation is 1. The number of rotatable bonds is 4. The predicted octanol–water partition coefficient (Wildman–Crippen LogP) is 2.88. The molecule has 0 unspecified atom stereocenters. The zero-order valence-electron chi connectivity index (χ0n) is 11.9. The lowest BCUT2D eigenvalue weighted by atomic mass is 10.1. The fourth-order valence-corrected chi connectivity index (χ4v) is 2.71. The molecular weight excluding hydrogens is 332 g/mol. The van der Waals surface area contributed by atoms with Gasteiger partial charge < -0.3 is 15.8 Å². The van der Waals surface area contributed by atoms with Crippen LogP contribution >= 0.6 is 15.9 Å². The summed E-state index contributed by atoms with van der Waals surface area (Å²) in [6, 6.07) is 11.6. The molecule has 0 bridgehead atoms. The molecule has 0 saturated carbocycles. The smallest absolute Gasteiger partial charge is 0.173 e. The molecule has 21 heavy (non-hydrogen) atoms. The van der Waals surface area contributed by atoms with Gasteiger partial charge >= 0.3 is 0 Å². The van der Waals surface area contributed by atoms with E-state index in [1.165, 1.54) is 0 Å². The van der Waals surface area contributed by atoms with Crippen molar-refractivity contribution in [3.63, 3.8) is 0 Å². The summed E-state index contributed by atoms with van der Waals surface area (Å²) in [6.45, 7) is 2.59. The molecule has 0 aliphatic heterocycles. The minimum absolute atomic E-state index is 0.0709. The number of oxime groups is 1. The van der Waals surface area contributed by atoms with Crippen LogP contribution in [0.5, 0.6) is 0 Å². The van der Waals surface area contributed by atoms with E-state index in [1.807, 2.05) is 55.3 Å². The maximum atomic E-state index is 8.96. The van der Waals surface area contributed by atoms with Crippen molar-refractivity contribution < 1.29 is 5.21 Å². The molecular formula is C15H17BrN4O. The fraction of sp³-hybridized carbons (Fsp3) is 0.200. The summed E-state index contributed by atoms with van der Waals surface area (Å²) in [7, 11) is 1.94. The number of amidine groups is 1. The molecule has 110 valence electrons. The number of nitrogens with two attached hydrogens (primary N) is 1. The van der Waals surface area contributed by atoms with Crippen molar-refractivity contribution in [3.8, 4) is 0 Å². The highest BCUT2D eigenvalue weighted by atomic mass is 79.9. The molecule has 1 aromatic heterocycles. The van der Waals surface area contributed by atoms with Gasteiger partial charge in [-0.1, -0.05) is 17.3 Å². The van der Waals surface area contributed by atoms with E-state index in [1.54, 1.807) is 0 Å². The first-order valence-corrected chi connectivity index (χ1v) is 7.22. The van der Waals surface area contributed by atoms with Crippen molar-refractivity contribution in [2.24, 2.45) is 10.9 Å². The van der Waals surface area contributed by atoms with E-state index < -0.39 is 0 Å². The van der Waals surface area contributed by atoms with E-state index in [0.717, 1.165) is 21.5 Å². The second-order valence-electron chi connectivity index (χ2n) is 4.75. The van der Waals surface area contributed by atoms with Crippen LogP contribution in [0.3, 0.4) is 0 Å². The van der Waals surface area contributed by atoms with Crippen LogP contribution in [0.25, 0.3) is 0 Å². The molecule has 0 aliphatic rings. The molecule has 5 nitrogen and oxygen atoms in total.